The summed E-state index contributed by atoms with van der Waals surface area (Å²) < 4.78 is 43.5. The first-order chi connectivity index (χ1) is 7.44. The number of pyridine rings is 1. The van der Waals surface area contributed by atoms with Crippen LogP contribution in [-0.2, 0) is 6.42 Å². The van der Waals surface area contributed by atoms with E-state index in [1.807, 2.05) is 0 Å². The number of ether oxygens (including phenoxy) is 1. The van der Waals surface area contributed by atoms with Gasteiger partial charge in [0.2, 0.25) is 5.88 Å². The van der Waals surface area contributed by atoms with Crippen LogP contribution in [0.4, 0.5) is 18.9 Å². The van der Waals surface area contributed by atoms with Crippen LogP contribution in [0.25, 0.3) is 0 Å². The maximum atomic E-state index is 13.4. The fourth-order valence-corrected chi connectivity index (χ4v) is 1.55. The third-order valence-corrected chi connectivity index (χ3v) is 2.63. The summed E-state index contributed by atoms with van der Waals surface area (Å²) in [5, 5.41) is 0. The topological polar surface area (TPSA) is 48.1 Å². The largest absolute Gasteiger partial charge is 0.480 e. The van der Waals surface area contributed by atoms with E-state index in [1.165, 1.54) is 7.11 Å². The number of aromatic nitrogens is 1. The SMILES string of the molecule is COc1nc(CC2CC2(F)F)c(F)cc1N. The number of alkyl halides is 2. The van der Waals surface area contributed by atoms with E-state index >= 15 is 0 Å². The van der Waals surface area contributed by atoms with E-state index in [0.717, 1.165) is 6.07 Å². The van der Waals surface area contributed by atoms with Crippen molar-refractivity contribution < 1.29 is 17.9 Å². The summed E-state index contributed by atoms with van der Waals surface area (Å²) in [4.78, 5) is 3.78. The minimum absolute atomic E-state index is 0.0202. The van der Waals surface area contributed by atoms with Crippen molar-refractivity contribution >= 4 is 5.69 Å². The molecule has 1 unspecified atom stereocenters. The average Bonchev–Trinajstić information content (AvgIpc) is 2.78. The van der Waals surface area contributed by atoms with E-state index in [4.69, 9.17) is 10.5 Å². The van der Waals surface area contributed by atoms with E-state index in [0.29, 0.717) is 0 Å². The molecule has 1 saturated carbocycles. The molecule has 1 atom stereocenters. The fraction of sp³-hybridized carbons (Fsp3) is 0.500. The normalized spacial score (nSPS) is 21.9. The van der Waals surface area contributed by atoms with E-state index in [2.05, 4.69) is 4.98 Å². The van der Waals surface area contributed by atoms with Crippen LogP contribution in [0.3, 0.4) is 0 Å². The molecule has 1 aliphatic carbocycles. The van der Waals surface area contributed by atoms with Crippen LogP contribution in [0.5, 0.6) is 5.88 Å². The minimum Gasteiger partial charge on any atom is -0.480 e. The number of anilines is 1. The summed E-state index contributed by atoms with van der Waals surface area (Å²) >= 11 is 0. The number of hydrogen-bond acceptors (Lipinski definition) is 3. The molecule has 0 aliphatic heterocycles. The van der Waals surface area contributed by atoms with E-state index in [9.17, 15) is 13.2 Å². The second-order valence-electron chi connectivity index (χ2n) is 3.88. The van der Waals surface area contributed by atoms with Gasteiger partial charge in [-0.1, -0.05) is 0 Å². The Bertz CT molecular complexity index is 423. The zero-order valence-electron chi connectivity index (χ0n) is 8.64. The van der Waals surface area contributed by atoms with Crippen molar-refractivity contribution in [3.63, 3.8) is 0 Å². The van der Waals surface area contributed by atoms with E-state index in [1.54, 1.807) is 0 Å². The number of methoxy groups -OCH3 is 1. The van der Waals surface area contributed by atoms with Crippen LogP contribution in [0.1, 0.15) is 12.1 Å². The summed E-state index contributed by atoms with van der Waals surface area (Å²) in [5.74, 6) is -4.09. The number of nitrogen functional groups attached to an aromatic ring is 1. The lowest BCUT2D eigenvalue weighted by molar-refractivity contribution is 0.0985. The summed E-state index contributed by atoms with van der Waals surface area (Å²) in [6.07, 6.45) is -0.295. The predicted octanol–water partition coefficient (Wildman–Crippen LogP) is 2.01. The lowest BCUT2D eigenvalue weighted by Gasteiger charge is -2.07. The standard InChI is InChI=1S/C10H11F3N2O/c1-16-9-7(14)3-6(11)8(15-9)2-5-4-10(5,12)13/h3,5H,2,4,14H2,1H3. The van der Waals surface area contributed by atoms with Crippen LogP contribution in [0.2, 0.25) is 0 Å². The van der Waals surface area contributed by atoms with Gasteiger partial charge in [-0.05, 0) is 0 Å². The lowest BCUT2D eigenvalue weighted by Crippen LogP contribution is -2.05. The second-order valence-corrected chi connectivity index (χ2v) is 3.88. The van der Waals surface area contributed by atoms with Crippen molar-refractivity contribution in [2.75, 3.05) is 12.8 Å². The monoisotopic (exact) mass is 232 g/mol. The number of halogens is 3. The van der Waals surface area contributed by atoms with Gasteiger partial charge >= 0.3 is 0 Å². The van der Waals surface area contributed by atoms with E-state index in [-0.39, 0.29) is 30.1 Å². The van der Waals surface area contributed by atoms with Gasteiger partial charge in [0.15, 0.2) is 0 Å². The Morgan fingerprint density at radius 3 is 2.75 bits per heavy atom. The van der Waals surface area contributed by atoms with Crippen LogP contribution >= 0.6 is 0 Å². The van der Waals surface area contributed by atoms with Gasteiger partial charge in [0.1, 0.15) is 5.82 Å². The molecule has 2 N–H and O–H groups in total. The summed E-state index contributed by atoms with van der Waals surface area (Å²) in [5.41, 5.74) is 5.47. The Morgan fingerprint density at radius 2 is 2.25 bits per heavy atom. The van der Waals surface area contributed by atoms with Crippen molar-refractivity contribution in [3.8, 4) is 5.88 Å². The molecule has 6 heteroatoms. The van der Waals surface area contributed by atoms with Crippen molar-refractivity contribution in [2.45, 2.75) is 18.8 Å². The second kappa shape index (κ2) is 3.54. The van der Waals surface area contributed by atoms with Gasteiger partial charge in [0.05, 0.1) is 18.5 Å². The van der Waals surface area contributed by atoms with Crippen molar-refractivity contribution in [1.82, 2.24) is 4.98 Å². The highest BCUT2D eigenvalue weighted by atomic mass is 19.3. The third-order valence-electron chi connectivity index (χ3n) is 2.63. The van der Waals surface area contributed by atoms with Gasteiger partial charge in [-0.15, -0.1) is 0 Å². The maximum absolute atomic E-state index is 13.4. The zero-order chi connectivity index (χ0) is 11.9. The molecular formula is C10H11F3N2O. The van der Waals surface area contributed by atoms with E-state index < -0.39 is 17.7 Å². The Morgan fingerprint density at radius 1 is 1.62 bits per heavy atom. The smallest absolute Gasteiger partial charge is 0.252 e. The molecule has 0 radical (unpaired) electrons. The highest BCUT2D eigenvalue weighted by Gasteiger charge is 2.56. The average molecular weight is 232 g/mol. The summed E-state index contributed by atoms with van der Waals surface area (Å²) in [6, 6.07) is 1.04. The summed E-state index contributed by atoms with van der Waals surface area (Å²) in [7, 11) is 1.34. The minimum atomic E-state index is -2.68. The van der Waals surface area contributed by atoms with Crippen LogP contribution in [-0.4, -0.2) is 18.0 Å². The van der Waals surface area contributed by atoms with Gasteiger partial charge in [0, 0.05) is 24.8 Å². The molecule has 1 aromatic rings. The van der Waals surface area contributed by atoms with Crippen LogP contribution in [0.15, 0.2) is 6.07 Å². The third kappa shape index (κ3) is 1.91. The van der Waals surface area contributed by atoms with Gasteiger partial charge in [-0.2, -0.15) is 0 Å². The molecule has 1 aliphatic rings. The number of nitrogens with zero attached hydrogens (tertiary/aromatic N) is 1. The molecule has 3 nitrogen and oxygen atoms in total. The Hall–Kier alpha value is -1.46. The van der Waals surface area contributed by atoms with Crippen molar-refractivity contribution in [3.05, 3.63) is 17.6 Å². The first kappa shape index (κ1) is 11.0. The quantitative estimate of drug-likeness (QED) is 0.867. The molecule has 0 saturated heterocycles. The molecule has 2 rings (SSSR count). The maximum Gasteiger partial charge on any atom is 0.252 e. The first-order valence-electron chi connectivity index (χ1n) is 4.80. The molecule has 88 valence electrons. The predicted molar refractivity (Wildman–Crippen MR) is 51.9 cm³/mol. The first-order valence-corrected chi connectivity index (χ1v) is 4.80. The highest BCUT2D eigenvalue weighted by Crippen LogP contribution is 2.50. The molecule has 0 aromatic carbocycles. The molecule has 0 bridgehead atoms. The molecule has 1 heterocycles. The fourth-order valence-electron chi connectivity index (χ4n) is 1.55. The molecular weight excluding hydrogens is 221 g/mol. The van der Waals surface area contributed by atoms with Gasteiger partial charge in [-0.25, -0.2) is 18.2 Å². The number of hydrogen-bond donors (Lipinski definition) is 1. The zero-order valence-corrected chi connectivity index (χ0v) is 8.64. The van der Waals surface area contributed by atoms with Crippen LogP contribution in [0, 0.1) is 11.7 Å². The molecule has 0 amide bonds. The molecule has 16 heavy (non-hydrogen) atoms. The Labute approximate surface area is 90.4 Å². The highest BCUT2D eigenvalue weighted by molar-refractivity contribution is 5.48. The lowest BCUT2D eigenvalue weighted by atomic mass is 10.2. The molecule has 1 aromatic heterocycles. The van der Waals surface area contributed by atoms with Gasteiger partial charge < -0.3 is 10.5 Å². The Kier molecular flexibility index (Phi) is 2.44. The molecule has 0 spiro atoms. The van der Waals surface area contributed by atoms with Crippen LogP contribution < -0.4 is 10.5 Å². The summed E-state index contributed by atoms with van der Waals surface area (Å²) in [6.45, 7) is 0. The van der Waals surface area contributed by atoms with Gasteiger partial charge in [-0.3, -0.25) is 0 Å². The van der Waals surface area contributed by atoms with Crippen molar-refractivity contribution in [2.24, 2.45) is 5.92 Å². The Balaban J connectivity index is 2.21. The number of nitrogens with two attached hydrogens (primary N) is 1. The number of rotatable bonds is 3. The van der Waals surface area contributed by atoms with Crippen molar-refractivity contribution in [1.29, 1.82) is 0 Å². The molecule has 1 fully saturated rings. The van der Waals surface area contributed by atoms with Gasteiger partial charge in [0.25, 0.3) is 5.92 Å².